The molecule has 0 fully saturated rings. The molecule has 0 saturated heterocycles. The first-order chi connectivity index (χ1) is 13.2. The average Bonchev–Trinajstić information content (AvgIpc) is 2.73. The second kappa shape index (κ2) is 8.89. The summed E-state index contributed by atoms with van der Waals surface area (Å²) in [7, 11) is 0. The molecule has 0 spiro atoms. The Bertz CT molecular complexity index is 884. The van der Waals surface area contributed by atoms with Gasteiger partial charge in [-0.2, -0.15) is 0 Å². The predicted octanol–water partition coefficient (Wildman–Crippen LogP) is 3.68. The van der Waals surface area contributed by atoms with Gasteiger partial charge in [0.2, 0.25) is 0 Å². The van der Waals surface area contributed by atoms with Crippen LogP contribution in [0.3, 0.4) is 0 Å². The molecule has 3 aromatic rings. The van der Waals surface area contributed by atoms with Crippen molar-refractivity contribution in [1.82, 2.24) is 20.3 Å². The topological polar surface area (TPSA) is 79.8 Å². The molecule has 0 bridgehead atoms. The van der Waals surface area contributed by atoms with Crippen molar-refractivity contribution in [2.75, 3.05) is 5.32 Å². The monoisotopic (exact) mass is 361 g/mol. The van der Waals surface area contributed by atoms with Crippen molar-refractivity contribution >= 4 is 11.7 Å². The molecule has 1 amide bonds. The summed E-state index contributed by atoms with van der Waals surface area (Å²) in [6.07, 6.45) is 4.39. The number of hydrogen-bond donors (Lipinski definition) is 2. The highest BCUT2D eigenvalue weighted by Crippen LogP contribution is 2.18. The number of hydrogen-bond acceptors (Lipinski definition) is 5. The second-order valence-electron chi connectivity index (χ2n) is 6.33. The SMILES string of the molecule is CCC(C)NC(=O)c1cc(NCc2cccnc2)nc(-c2ccccc2)n1. The highest BCUT2D eigenvalue weighted by molar-refractivity contribution is 5.93. The fourth-order valence-corrected chi connectivity index (χ4v) is 2.47. The number of carbonyl (C=O) groups excluding carboxylic acids is 1. The molecule has 2 aromatic heterocycles. The highest BCUT2D eigenvalue weighted by atomic mass is 16.1. The summed E-state index contributed by atoms with van der Waals surface area (Å²) in [5.41, 5.74) is 2.24. The Labute approximate surface area is 159 Å². The third-order valence-electron chi connectivity index (χ3n) is 4.18. The van der Waals surface area contributed by atoms with E-state index in [0.717, 1.165) is 17.5 Å². The van der Waals surface area contributed by atoms with Crippen LogP contribution in [0.15, 0.2) is 60.9 Å². The van der Waals surface area contributed by atoms with Gasteiger partial charge in [-0.25, -0.2) is 9.97 Å². The Morgan fingerprint density at radius 3 is 2.63 bits per heavy atom. The maximum absolute atomic E-state index is 12.6. The van der Waals surface area contributed by atoms with Gasteiger partial charge >= 0.3 is 0 Å². The number of rotatable bonds is 7. The van der Waals surface area contributed by atoms with Crippen molar-refractivity contribution in [2.24, 2.45) is 0 Å². The molecule has 2 N–H and O–H groups in total. The van der Waals surface area contributed by atoms with Crippen LogP contribution in [-0.4, -0.2) is 26.9 Å². The summed E-state index contributed by atoms with van der Waals surface area (Å²) >= 11 is 0. The van der Waals surface area contributed by atoms with Crippen LogP contribution in [0.25, 0.3) is 11.4 Å². The maximum atomic E-state index is 12.6. The number of nitrogens with zero attached hydrogens (tertiary/aromatic N) is 3. The molecule has 1 aromatic carbocycles. The summed E-state index contributed by atoms with van der Waals surface area (Å²) < 4.78 is 0. The van der Waals surface area contributed by atoms with Crippen molar-refractivity contribution in [3.05, 3.63) is 72.2 Å². The fourth-order valence-electron chi connectivity index (χ4n) is 2.47. The van der Waals surface area contributed by atoms with Crippen molar-refractivity contribution in [2.45, 2.75) is 32.9 Å². The van der Waals surface area contributed by atoms with E-state index in [0.29, 0.717) is 23.9 Å². The van der Waals surface area contributed by atoms with Gasteiger partial charge < -0.3 is 10.6 Å². The zero-order valence-corrected chi connectivity index (χ0v) is 15.5. The third kappa shape index (κ3) is 5.10. The van der Waals surface area contributed by atoms with Crippen molar-refractivity contribution in [1.29, 1.82) is 0 Å². The number of aromatic nitrogens is 3. The minimum Gasteiger partial charge on any atom is -0.366 e. The van der Waals surface area contributed by atoms with E-state index in [4.69, 9.17) is 0 Å². The van der Waals surface area contributed by atoms with Crippen molar-refractivity contribution < 1.29 is 4.79 Å². The van der Waals surface area contributed by atoms with Gasteiger partial charge in [-0.15, -0.1) is 0 Å². The molecule has 1 unspecified atom stereocenters. The van der Waals surface area contributed by atoms with Crippen LogP contribution in [-0.2, 0) is 6.54 Å². The molecular formula is C21H23N5O. The van der Waals surface area contributed by atoms with E-state index in [-0.39, 0.29) is 11.9 Å². The van der Waals surface area contributed by atoms with Gasteiger partial charge in [-0.3, -0.25) is 9.78 Å². The normalized spacial score (nSPS) is 11.6. The van der Waals surface area contributed by atoms with Crippen LogP contribution >= 0.6 is 0 Å². The summed E-state index contributed by atoms with van der Waals surface area (Å²) in [6, 6.07) is 15.3. The van der Waals surface area contributed by atoms with Gasteiger partial charge in [0.1, 0.15) is 11.5 Å². The lowest BCUT2D eigenvalue weighted by Gasteiger charge is -2.13. The van der Waals surface area contributed by atoms with Crippen LogP contribution in [0.5, 0.6) is 0 Å². The molecule has 0 radical (unpaired) electrons. The summed E-state index contributed by atoms with van der Waals surface area (Å²) in [5, 5.41) is 6.22. The molecule has 138 valence electrons. The average molecular weight is 361 g/mol. The number of nitrogens with one attached hydrogen (secondary N) is 2. The lowest BCUT2D eigenvalue weighted by atomic mass is 10.2. The fraction of sp³-hybridized carbons (Fsp3) is 0.238. The van der Waals surface area contributed by atoms with Crippen LogP contribution in [0, 0.1) is 0 Å². The van der Waals surface area contributed by atoms with Gasteiger partial charge in [-0.1, -0.05) is 43.3 Å². The minimum atomic E-state index is -0.201. The molecule has 1 atom stereocenters. The molecule has 0 saturated carbocycles. The molecule has 0 aliphatic heterocycles. The second-order valence-corrected chi connectivity index (χ2v) is 6.33. The van der Waals surface area contributed by atoms with Gasteiger partial charge in [0.15, 0.2) is 5.82 Å². The highest BCUT2D eigenvalue weighted by Gasteiger charge is 2.14. The molecule has 6 heteroatoms. The van der Waals surface area contributed by atoms with Crippen LogP contribution in [0.2, 0.25) is 0 Å². The third-order valence-corrected chi connectivity index (χ3v) is 4.18. The lowest BCUT2D eigenvalue weighted by molar-refractivity contribution is 0.0934. The van der Waals surface area contributed by atoms with E-state index in [1.807, 2.05) is 56.3 Å². The standard InChI is InChI=1S/C21H23N5O/c1-3-15(2)24-21(27)18-12-19(23-14-16-8-7-11-22-13-16)26-20(25-18)17-9-5-4-6-10-17/h4-13,15H,3,14H2,1-2H3,(H,24,27)(H,23,25,26). The number of pyridine rings is 1. The van der Waals surface area contributed by atoms with E-state index < -0.39 is 0 Å². The first-order valence-corrected chi connectivity index (χ1v) is 9.04. The van der Waals surface area contributed by atoms with Crippen LogP contribution < -0.4 is 10.6 Å². The molecule has 27 heavy (non-hydrogen) atoms. The van der Waals surface area contributed by atoms with E-state index in [1.165, 1.54) is 0 Å². The van der Waals surface area contributed by atoms with Gasteiger partial charge in [0.25, 0.3) is 5.91 Å². The van der Waals surface area contributed by atoms with E-state index in [1.54, 1.807) is 18.5 Å². The summed E-state index contributed by atoms with van der Waals surface area (Å²) in [5.74, 6) is 0.913. The Morgan fingerprint density at radius 1 is 1.11 bits per heavy atom. The smallest absolute Gasteiger partial charge is 0.270 e. The predicted molar refractivity (Wildman–Crippen MR) is 106 cm³/mol. The van der Waals surface area contributed by atoms with E-state index in [9.17, 15) is 4.79 Å². The van der Waals surface area contributed by atoms with Crippen molar-refractivity contribution in [3.63, 3.8) is 0 Å². The Balaban J connectivity index is 1.89. The lowest BCUT2D eigenvalue weighted by Crippen LogP contribution is -2.32. The minimum absolute atomic E-state index is 0.0828. The molecule has 2 heterocycles. The molecule has 0 aliphatic carbocycles. The summed E-state index contributed by atoms with van der Waals surface area (Å²) in [4.78, 5) is 25.7. The molecule has 3 rings (SSSR count). The number of benzene rings is 1. The van der Waals surface area contributed by atoms with Crippen LogP contribution in [0.1, 0.15) is 36.3 Å². The number of amides is 1. The molecule has 6 nitrogen and oxygen atoms in total. The van der Waals surface area contributed by atoms with Gasteiger partial charge in [-0.05, 0) is 25.0 Å². The quantitative estimate of drug-likeness (QED) is 0.671. The molecule has 0 aliphatic rings. The van der Waals surface area contributed by atoms with Crippen LogP contribution in [0.4, 0.5) is 5.82 Å². The zero-order valence-electron chi connectivity index (χ0n) is 15.5. The van der Waals surface area contributed by atoms with Gasteiger partial charge in [0, 0.05) is 36.6 Å². The largest absolute Gasteiger partial charge is 0.366 e. The number of carbonyl (C=O) groups is 1. The Hall–Kier alpha value is -3.28. The maximum Gasteiger partial charge on any atom is 0.270 e. The zero-order chi connectivity index (χ0) is 19.1. The summed E-state index contributed by atoms with van der Waals surface area (Å²) in [6.45, 7) is 4.56. The first kappa shape index (κ1) is 18.5. The first-order valence-electron chi connectivity index (χ1n) is 9.04. The Morgan fingerprint density at radius 2 is 1.93 bits per heavy atom. The molecular weight excluding hydrogens is 338 g/mol. The number of anilines is 1. The Kier molecular flexibility index (Phi) is 6.10. The van der Waals surface area contributed by atoms with Gasteiger partial charge in [0.05, 0.1) is 0 Å². The van der Waals surface area contributed by atoms with E-state index >= 15 is 0 Å². The van der Waals surface area contributed by atoms with Crippen molar-refractivity contribution in [3.8, 4) is 11.4 Å². The van der Waals surface area contributed by atoms with E-state index in [2.05, 4.69) is 25.6 Å².